The van der Waals surface area contributed by atoms with E-state index < -0.39 is 0 Å². The summed E-state index contributed by atoms with van der Waals surface area (Å²) in [6.45, 7) is 4.60. The van der Waals surface area contributed by atoms with Gasteiger partial charge in [0.05, 0.1) is 0 Å². The number of benzene rings is 9. The lowest BCUT2D eigenvalue weighted by atomic mass is 9.82. The van der Waals surface area contributed by atoms with Crippen molar-refractivity contribution in [2.45, 2.75) is 19.8 Å². The molecule has 0 fully saturated rings. The van der Waals surface area contributed by atoms with E-state index in [4.69, 9.17) is 0 Å². The smallest absolute Gasteiger partial charge is 0.000741 e. The monoisotopic (exact) mass is 646 g/mol. The fraction of sp³-hybridized carbons (Fsp3) is 0.0588. The lowest BCUT2D eigenvalue weighted by molar-refractivity contribution is 0.876. The van der Waals surface area contributed by atoms with Crippen LogP contribution in [0.1, 0.15) is 25.3 Å². The first kappa shape index (κ1) is 28.6. The first-order valence-corrected chi connectivity index (χ1v) is 18.1. The molecule has 0 aromatic heterocycles. The van der Waals surface area contributed by atoms with Crippen LogP contribution in [0.3, 0.4) is 0 Å². The lowest BCUT2D eigenvalue weighted by Crippen LogP contribution is -1.93. The Hall–Kier alpha value is -6.24. The molecule has 0 spiro atoms. The summed E-state index contributed by atoms with van der Waals surface area (Å²) in [7, 11) is 0. The van der Waals surface area contributed by atoms with Crippen LogP contribution >= 0.6 is 0 Å². The van der Waals surface area contributed by atoms with Crippen molar-refractivity contribution in [3.8, 4) is 77.9 Å². The van der Waals surface area contributed by atoms with Gasteiger partial charge in [0.1, 0.15) is 0 Å². The van der Waals surface area contributed by atoms with E-state index in [0.717, 1.165) is 0 Å². The summed E-state index contributed by atoms with van der Waals surface area (Å²) in [6.07, 6.45) is 0. The SMILES string of the molecule is CC(C)c1ccc2c3c(cccc13)-c1ccc(-c3ccc4c5c(cccc35)-c3c-4c(-c4ccccc4)c4ccccc4c3-c3ccccc3)cc1-2. The zero-order chi connectivity index (χ0) is 33.8. The Morgan fingerprint density at radius 1 is 0.294 bits per heavy atom. The molecule has 0 radical (unpaired) electrons. The van der Waals surface area contributed by atoms with Crippen LogP contribution in [-0.2, 0) is 0 Å². The molecule has 9 aromatic carbocycles. The largest absolute Gasteiger partial charge is 0.0622 e. The predicted octanol–water partition coefficient (Wildman–Crippen LogP) is 14.6. The van der Waals surface area contributed by atoms with Crippen LogP contribution in [-0.4, -0.2) is 0 Å². The highest BCUT2D eigenvalue weighted by Crippen LogP contribution is 2.59. The van der Waals surface area contributed by atoms with Gasteiger partial charge in [0, 0.05) is 0 Å². The summed E-state index contributed by atoms with van der Waals surface area (Å²) in [5, 5.41) is 8.03. The molecule has 0 saturated heterocycles. The Bertz CT molecular complexity index is 2820. The third-order valence-electron chi connectivity index (χ3n) is 11.5. The maximum atomic E-state index is 2.45. The molecule has 0 nitrogen and oxygen atoms in total. The lowest BCUT2D eigenvalue weighted by Gasteiger charge is -2.20. The van der Waals surface area contributed by atoms with Gasteiger partial charge >= 0.3 is 0 Å². The summed E-state index contributed by atoms with van der Waals surface area (Å²) in [5.74, 6) is 0.480. The number of hydrogen-bond acceptors (Lipinski definition) is 0. The van der Waals surface area contributed by atoms with Crippen LogP contribution in [0.4, 0.5) is 0 Å². The maximum Gasteiger partial charge on any atom is -0.000741 e. The van der Waals surface area contributed by atoms with Crippen molar-refractivity contribution in [1.29, 1.82) is 0 Å². The van der Waals surface area contributed by atoms with Crippen molar-refractivity contribution in [3.05, 3.63) is 169 Å². The van der Waals surface area contributed by atoms with Crippen molar-refractivity contribution in [2.24, 2.45) is 0 Å². The molecule has 11 rings (SSSR count). The zero-order valence-corrected chi connectivity index (χ0v) is 28.7. The van der Waals surface area contributed by atoms with Crippen LogP contribution in [0.25, 0.3) is 110 Å². The summed E-state index contributed by atoms with van der Waals surface area (Å²) < 4.78 is 0. The molecule has 2 aliphatic carbocycles. The Labute approximate surface area is 298 Å². The van der Waals surface area contributed by atoms with Gasteiger partial charge in [-0.25, -0.2) is 0 Å². The van der Waals surface area contributed by atoms with Gasteiger partial charge in [0.15, 0.2) is 0 Å². The van der Waals surface area contributed by atoms with Gasteiger partial charge in [-0.1, -0.05) is 172 Å². The third kappa shape index (κ3) is 3.91. The molecule has 51 heavy (non-hydrogen) atoms. The van der Waals surface area contributed by atoms with Gasteiger partial charge in [-0.2, -0.15) is 0 Å². The van der Waals surface area contributed by atoms with Crippen molar-refractivity contribution < 1.29 is 0 Å². The van der Waals surface area contributed by atoms with E-state index in [1.165, 1.54) is 116 Å². The number of fused-ring (bicyclic) bond motifs is 7. The summed E-state index contributed by atoms with van der Waals surface area (Å²) in [5.41, 5.74) is 19.8. The number of rotatable bonds is 4. The molecule has 9 aromatic rings. The first-order valence-electron chi connectivity index (χ1n) is 18.1. The van der Waals surface area contributed by atoms with E-state index in [-0.39, 0.29) is 0 Å². The van der Waals surface area contributed by atoms with Crippen molar-refractivity contribution >= 4 is 32.3 Å². The molecule has 0 saturated carbocycles. The third-order valence-corrected chi connectivity index (χ3v) is 11.5. The van der Waals surface area contributed by atoms with E-state index in [1.807, 2.05) is 0 Å². The van der Waals surface area contributed by atoms with Gasteiger partial charge in [-0.15, -0.1) is 0 Å². The highest BCUT2D eigenvalue weighted by molar-refractivity contribution is 6.29. The average molecular weight is 647 g/mol. The molecule has 0 unspecified atom stereocenters. The standard InChI is InChI=1S/C51H34/c1-30(2)34-25-27-42-45-29-33(23-24-36(45)39-21-11-19-37(34)48(39)42)35-26-28-44-49-38(35)20-12-22-43(49)50-46(31-13-5-3-6-14-31)40-17-9-10-18-41(40)47(51(44)50)32-15-7-4-8-16-32/h3-30H,1-2H3. The second-order valence-electron chi connectivity index (χ2n) is 14.5. The summed E-state index contributed by atoms with van der Waals surface area (Å²) in [6, 6.07) is 61.4. The Morgan fingerprint density at radius 2 is 0.784 bits per heavy atom. The minimum Gasteiger partial charge on any atom is -0.0622 e. The van der Waals surface area contributed by atoms with E-state index in [2.05, 4.69) is 178 Å². The Morgan fingerprint density at radius 3 is 1.45 bits per heavy atom. The minimum atomic E-state index is 0.480. The molecular formula is C51H34. The molecule has 0 N–H and O–H groups in total. The molecule has 2 aliphatic rings. The van der Waals surface area contributed by atoms with Crippen molar-refractivity contribution in [2.75, 3.05) is 0 Å². The zero-order valence-electron chi connectivity index (χ0n) is 28.7. The Balaban J connectivity index is 1.19. The van der Waals surface area contributed by atoms with Crippen LogP contribution < -0.4 is 0 Å². The van der Waals surface area contributed by atoms with Crippen LogP contribution in [0, 0.1) is 0 Å². The minimum absolute atomic E-state index is 0.480. The van der Waals surface area contributed by atoms with E-state index in [1.54, 1.807) is 0 Å². The molecule has 0 aliphatic heterocycles. The van der Waals surface area contributed by atoms with Gasteiger partial charge in [0.2, 0.25) is 0 Å². The van der Waals surface area contributed by atoms with Crippen LogP contribution in [0.2, 0.25) is 0 Å². The van der Waals surface area contributed by atoms with E-state index in [9.17, 15) is 0 Å². The normalized spacial score (nSPS) is 12.3. The highest BCUT2D eigenvalue weighted by Gasteiger charge is 2.31. The fourth-order valence-corrected chi connectivity index (χ4v) is 9.41. The van der Waals surface area contributed by atoms with Gasteiger partial charge in [-0.3, -0.25) is 0 Å². The van der Waals surface area contributed by atoms with Gasteiger partial charge in [0.25, 0.3) is 0 Å². The average Bonchev–Trinajstić information content (AvgIpc) is 3.69. The van der Waals surface area contributed by atoms with Crippen molar-refractivity contribution in [1.82, 2.24) is 0 Å². The highest BCUT2D eigenvalue weighted by atomic mass is 14.3. The molecule has 0 bridgehead atoms. The van der Waals surface area contributed by atoms with Crippen LogP contribution in [0.15, 0.2) is 164 Å². The predicted molar refractivity (Wildman–Crippen MR) is 218 cm³/mol. The van der Waals surface area contributed by atoms with E-state index in [0.29, 0.717) is 5.92 Å². The summed E-state index contributed by atoms with van der Waals surface area (Å²) in [4.78, 5) is 0. The topological polar surface area (TPSA) is 0 Å². The van der Waals surface area contributed by atoms with Gasteiger partial charge in [-0.05, 0) is 128 Å². The Kier molecular flexibility index (Phi) is 5.96. The fourth-order valence-electron chi connectivity index (χ4n) is 9.41. The molecule has 0 heterocycles. The molecular weight excluding hydrogens is 613 g/mol. The van der Waals surface area contributed by atoms with Gasteiger partial charge < -0.3 is 0 Å². The quantitative estimate of drug-likeness (QED) is 0.178. The molecule has 238 valence electrons. The second-order valence-corrected chi connectivity index (χ2v) is 14.5. The second kappa shape index (κ2) is 10.6. The molecule has 0 amide bonds. The summed E-state index contributed by atoms with van der Waals surface area (Å²) >= 11 is 0. The van der Waals surface area contributed by atoms with Crippen LogP contribution in [0.5, 0.6) is 0 Å². The maximum absolute atomic E-state index is 2.45. The van der Waals surface area contributed by atoms with Crippen molar-refractivity contribution in [3.63, 3.8) is 0 Å². The van der Waals surface area contributed by atoms with E-state index >= 15 is 0 Å². The molecule has 0 atom stereocenters. The number of hydrogen-bond donors (Lipinski definition) is 0. The first-order chi connectivity index (χ1) is 25.2. The molecule has 0 heteroatoms.